The van der Waals surface area contributed by atoms with Crippen molar-refractivity contribution < 1.29 is 4.79 Å². The van der Waals surface area contributed by atoms with Crippen LogP contribution in [0.25, 0.3) is 0 Å². The van der Waals surface area contributed by atoms with Crippen LogP contribution in [0.15, 0.2) is 12.3 Å². The molecule has 110 valence electrons. The van der Waals surface area contributed by atoms with Gasteiger partial charge in [0, 0.05) is 18.2 Å². The highest BCUT2D eigenvalue weighted by atomic mass is 35.5. The molecule has 1 heterocycles. The van der Waals surface area contributed by atoms with Gasteiger partial charge in [-0.1, -0.05) is 32.4 Å². The lowest BCUT2D eigenvalue weighted by Crippen LogP contribution is -2.50. The average Bonchev–Trinajstić information content (AvgIpc) is 2.36. The normalized spacial score (nSPS) is 28.9. The lowest BCUT2D eigenvalue weighted by Gasteiger charge is -2.45. The van der Waals surface area contributed by atoms with Crippen molar-refractivity contribution in [3.05, 3.63) is 17.4 Å². The van der Waals surface area contributed by atoms with Gasteiger partial charge in [-0.05, 0) is 30.2 Å². The number of nitrogens with two attached hydrogens (primary N) is 1. The highest BCUT2D eigenvalue weighted by Crippen LogP contribution is 2.44. The van der Waals surface area contributed by atoms with Crippen LogP contribution >= 0.6 is 11.6 Å². The van der Waals surface area contributed by atoms with Gasteiger partial charge in [0.15, 0.2) is 0 Å². The van der Waals surface area contributed by atoms with Crippen LogP contribution in [-0.4, -0.2) is 21.9 Å². The first-order valence-electron chi connectivity index (χ1n) is 6.87. The van der Waals surface area contributed by atoms with Gasteiger partial charge in [-0.15, -0.1) is 0 Å². The van der Waals surface area contributed by atoms with E-state index in [0.717, 1.165) is 12.8 Å². The zero-order valence-corrected chi connectivity index (χ0v) is 12.8. The zero-order chi connectivity index (χ0) is 14.9. The number of nitrogens with zero attached hydrogens (tertiary/aromatic N) is 2. The molecule has 2 rings (SSSR count). The van der Waals surface area contributed by atoms with Crippen molar-refractivity contribution in [3.8, 4) is 0 Å². The number of amides is 1. The van der Waals surface area contributed by atoms with Gasteiger partial charge in [0.25, 0.3) is 0 Å². The van der Waals surface area contributed by atoms with Crippen LogP contribution < -0.4 is 11.1 Å². The predicted octanol–water partition coefficient (Wildman–Crippen LogP) is 2.47. The number of carbonyl (C=O) groups excluding carboxylic acids is 1. The number of carbonyl (C=O) groups is 1. The fourth-order valence-corrected chi connectivity index (χ4v) is 3.05. The third-order valence-electron chi connectivity index (χ3n) is 4.68. The Morgan fingerprint density at radius 3 is 2.85 bits per heavy atom. The first-order chi connectivity index (χ1) is 9.32. The molecule has 1 aromatic heterocycles. The minimum Gasteiger partial charge on any atom is -0.327 e. The molecular formula is C14H21ClN4O. The molecule has 1 aromatic rings. The van der Waals surface area contributed by atoms with E-state index in [-0.39, 0.29) is 35.1 Å². The standard InChI is InChI=1S/C14H21ClN4O/c1-8-10(16)5-4-9(14(8,2)3)12(20)19-13-17-7-6-11(15)18-13/h6-10H,4-5,16H2,1-3H3,(H,17,18,19,20). The van der Waals surface area contributed by atoms with Gasteiger partial charge < -0.3 is 5.73 Å². The maximum absolute atomic E-state index is 12.5. The van der Waals surface area contributed by atoms with Crippen LogP contribution in [0.5, 0.6) is 0 Å². The minimum atomic E-state index is -0.152. The van der Waals surface area contributed by atoms with E-state index in [2.05, 4.69) is 36.1 Å². The smallest absolute Gasteiger partial charge is 0.230 e. The summed E-state index contributed by atoms with van der Waals surface area (Å²) in [5.41, 5.74) is 5.96. The maximum atomic E-state index is 12.5. The molecule has 1 aliphatic rings. The Kier molecular flexibility index (Phi) is 4.30. The molecule has 5 nitrogen and oxygen atoms in total. The Balaban J connectivity index is 2.13. The molecule has 1 aliphatic carbocycles. The molecule has 0 radical (unpaired) electrons. The monoisotopic (exact) mass is 296 g/mol. The van der Waals surface area contributed by atoms with Crippen molar-refractivity contribution in [2.45, 2.75) is 39.7 Å². The van der Waals surface area contributed by atoms with E-state index in [4.69, 9.17) is 17.3 Å². The van der Waals surface area contributed by atoms with Crippen molar-refractivity contribution in [3.63, 3.8) is 0 Å². The number of nitrogens with one attached hydrogen (secondary N) is 1. The Bertz CT molecular complexity index is 506. The van der Waals surface area contributed by atoms with Gasteiger partial charge in [0.2, 0.25) is 11.9 Å². The summed E-state index contributed by atoms with van der Waals surface area (Å²) < 4.78 is 0. The van der Waals surface area contributed by atoms with Crippen molar-refractivity contribution in [1.82, 2.24) is 9.97 Å². The Labute approximate surface area is 124 Å². The van der Waals surface area contributed by atoms with Gasteiger partial charge >= 0.3 is 0 Å². The summed E-state index contributed by atoms with van der Waals surface area (Å²) in [6.45, 7) is 6.31. The van der Waals surface area contributed by atoms with E-state index < -0.39 is 0 Å². The first-order valence-corrected chi connectivity index (χ1v) is 7.25. The fourth-order valence-electron chi connectivity index (χ4n) is 2.91. The predicted molar refractivity (Wildman–Crippen MR) is 79.3 cm³/mol. The van der Waals surface area contributed by atoms with Gasteiger partial charge in [-0.3, -0.25) is 10.1 Å². The number of rotatable bonds is 2. The largest absolute Gasteiger partial charge is 0.327 e. The number of hydrogen-bond donors (Lipinski definition) is 2. The molecule has 3 unspecified atom stereocenters. The van der Waals surface area contributed by atoms with Crippen molar-refractivity contribution in [2.75, 3.05) is 5.32 Å². The lowest BCUT2D eigenvalue weighted by atomic mass is 9.61. The summed E-state index contributed by atoms with van der Waals surface area (Å²) in [5, 5.41) is 3.07. The molecule has 0 spiro atoms. The maximum Gasteiger partial charge on any atom is 0.230 e. The second kappa shape index (κ2) is 5.66. The second-order valence-electron chi connectivity index (χ2n) is 6.10. The molecular weight excluding hydrogens is 276 g/mol. The molecule has 1 saturated carbocycles. The van der Waals surface area contributed by atoms with Crippen molar-refractivity contribution in [2.24, 2.45) is 23.0 Å². The van der Waals surface area contributed by atoms with Crippen LogP contribution in [0, 0.1) is 17.3 Å². The first kappa shape index (κ1) is 15.2. The third-order valence-corrected chi connectivity index (χ3v) is 4.89. The Morgan fingerprint density at radius 1 is 1.50 bits per heavy atom. The van der Waals surface area contributed by atoms with Crippen molar-refractivity contribution >= 4 is 23.5 Å². The zero-order valence-electron chi connectivity index (χ0n) is 12.1. The number of halogens is 1. The van der Waals surface area contributed by atoms with Crippen LogP contribution in [0.3, 0.4) is 0 Å². The molecule has 0 aromatic carbocycles. The summed E-state index contributed by atoms with van der Waals surface area (Å²) >= 11 is 5.79. The van der Waals surface area contributed by atoms with Gasteiger partial charge in [-0.2, -0.15) is 0 Å². The molecule has 20 heavy (non-hydrogen) atoms. The SMILES string of the molecule is CC1C(N)CCC(C(=O)Nc2nccc(Cl)n2)C1(C)C. The highest BCUT2D eigenvalue weighted by molar-refractivity contribution is 6.29. The summed E-state index contributed by atoms with van der Waals surface area (Å²) in [6.07, 6.45) is 3.17. The van der Waals surface area contributed by atoms with E-state index in [0.29, 0.717) is 5.15 Å². The van der Waals surface area contributed by atoms with Crippen LogP contribution in [0.2, 0.25) is 5.15 Å². The van der Waals surface area contributed by atoms with E-state index in [1.807, 2.05) is 0 Å². The summed E-state index contributed by atoms with van der Waals surface area (Å²) in [5.74, 6) is 0.379. The molecule has 3 N–H and O–H groups in total. The van der Waals surface area contributed by atoms with E-state index >= 15 is 0 Å². The summed E-state index contributed by atoms with van der Waals surface area (Å²) in [4.78, 5) is 20.5. The third kappa shape index (κ3) is 2.94. The highest BCUT2D eigenvalue weighted by Gasteiger charge is 2.45. The van der Waals surface area contributed by atoms with Crippen LogP contribution in [0.4, 0.5) is 5.95 Å². The molecule has 0 saturated heterocycles. The van der Waals surface area contributed by atoms with Gasteiger partial charge in [0.1, 0.15) is 5.15 Å². The lowest BCUT2D eigenvalue weighted by molar-refractivity contribution is -0.127. The van der Waals surface area contributed by atoms with Gasteiger partial charge in [0.05, 0.1) is 0 Å². The van der Waals surface area contributed by atoms with Gasteiger partial charge in [-0.25, -0.2) is 9.97 Å². The fraction of sp³-hybridized carbons (Fsp3) is 0.643. The molecule has 0 aliphatic heterocycles. The summed E-state index contributed by atoms with van der Waals surface area (Å²) in [7, 11) is 0. The molecule has 6 heteroatoms. The van der Waals surface area contributed by atoms with E-state index in [9.17, 15) is 4.79 Å². The van der Waals surface area contributed by atoms with Crippen LogP contribution in [-0.2, 0) is 4.79 Å². The topological polar surface area (TPSA) is 80.9 Å². The molecule has 0 bridgehead atoms. The second-order valence-corrected chi connectivity index (χ2v) is 6.48. The number of anilines is 1. The minimum absolute atomic E-state index is 0.0592. The summed E-state index contributed by atoms with van der Waals surface area (Å²) in [6, 6.07) is 1.72. The Morgan fingerprint density at radius 2 is 2.20 bits per heavy atom. The average molecular weight is 297 g/mol. The molecule has 1 fully saturated rings. The van der Waals surface area contributed by atoms with Crippen LogP contribution in [0.1, 0.15) is 33.6 Å². The molecule has 1 amide bonds. The van der Waals surface area contributed by atoms with Crippen molar-refractivity contribution in [1.29, 1.82) is 0 Å². The van der Waals surface area contributed by atoms with E-state index in [1.165, 1.54) is 6.20 Å². The number of hydrogen-bond acceptors (Lipinski definition) is 4. The number of aromatic nitrogens is 2. The Hall–Kier alpha value is -1.20. The molecule has 3 atom stereocenters. The van der Waals surface area contributed by atoms with E-state index in [1.54, 1.807) is 6.07 Å². The quantitative estimate of drug-likeness (QED) is 0.822.